The van der Waals surface area contributed by atoms with Crippen LogP contribution >= 0.6 is 0 Å². The van der Waals surface area contributed by atoms with Crippen molar-refractivity contribution in [1.29, 1.82) is 0 Å². The van der Waals surface area contributed by atoms with Crippen LogP contribution in [0, 0.1) is 0 Å². The van der Waals surface area contributed by atoms with Gasteiger partial charge in [-0.15, -0.1) is 5.10 Å². The van der Waals surface area contributed by atoms with E-state index < -0.39 is 11.9 Å². The number of carbonyl (C=O) groups is 2. The number of carbonyl (C=O) groups excluding carboxylic acids is 2. The molecule has 0 saturated heterocycles. The van der Waals surface area contributed by atoms with Gasteiger partial charge in [-0.2, -0.15) is 0 Å². The molecule has 1 atom stereocenters. The minimum absolute atomic E-state index is 0.0717. The van der Waals surface area contributed by atoms with E-state index in [4.69, 9.17) is 5.73 Å². The molecule has 36 heavy (non-hydrogen) atoms. The number of nitrogens with one attached hydrogen (secondary N) is 1. The first-order valence-electron chi connectivity index (χ1n) is 11.5. The maximum Gasteiger partial charge on any atom is 0.259 e. The Hall–Kier alpha value is -4.66. The Balaban J connectivity index is 1.75. The number of fused-ring (bicyclic) bond motifs is 1. The molecule has 2 aromatic heterocycles. The molecule has 0 fully saturated rings. The van der Waals surface area contributed by atoms with Crippen molar-refractivity contribution in [3.63, 3.8) is 0 Å². The highest BCUT2D eigenvalue weighted by atomic mass is 16.2. The molecular weight excluding hydrogens is 454 g/mol. The van der Waals surface area contributed by atoms with E-state index in [1.165, 1.54) is 4.52 Å². The van der Waals surface area contributed by atoms with E-state index in [1.54, 1.807) is 29.4 Å². The van der Waals surface area contributed by atoms with Crippen LogP contribution < -0.4 is 16.0 Å². The molecular formula is C27H29N7O2. The zero-order valence-corrected chi connectivity index (χ0v) is 20.5. The summed E-state index contributed by atoms with van der Waals surface area (Å²) in [7, 11) is 3.79. The Kier molecular flexibility index (Phi) is 7.00. The van der Waals surface area contributed by atoms with Crippen molar-refractivity contribution in [2.24, 2.45) is 0 Å². The quantitative estimate of drug-likeness (QED) is 0.576. The van der Waals surface area contributed by atoms with Gasteiger partial charge in [-0.1, -0.05) is 36.9 Å². The summed E-state index contributed by atoms with van der Waals surface area (Å²) < 4.78 is 1.46. The molecule has 0 saturated carbocycles. The van der Waals surface area contributed by atoms with Gasteiger partial charge < -0.3 is 16.0 Å². The monoisotopic (exact) mass is 483 g/mol. The first kappa shape index (κ1) is 24.5. The molecule has 1 aliphatic heterocycles. The zero-order chi connectivity index (χ0) is 25.8. The summed E-state index contributed by atoms with van der Waals surface area (Å²) in [6.45, 7) is 5.94. The van der Waals surface area contributed by atoms with Crippen molar-refractivity contribution in [1.82, 2.24) is 24.8 Å². The van der Waals surface area contributed by atoms with Gasteiger partial charge in [-0.3, -0.25) is 14.5 Å². The van der Waals surface area contributed by atoms with Crippen molar-refractivity contribution in [2.75, 3.05) is 24.7 Å². The number of anilines is 2. The highest BCUT2D eigenvalue weighted by molar-refractivity contribution is 6.05. The number of nitrogens with two attached hydrogens (primary N) is 1. The fraction of sp³-hybridized carbons (Fsp3) is 0.185. The first-order valence-corrected chi connectivity index (χ1v) is 11.5. The molecule has 9 nitrogen and oxygen atoms in total. The summed E-state index contributed by atoms with van der Waals surface area (Å²) in [5.74, 6) is -0.515. The van der Waals surface area contributed by atoms with Gasteiger partial charge >= 0.3 is 0 Å². The SMILES string of the molecule is C=C1/C=C\C=C(\N(C)C)CC(=O)N(c2ccccc2)/C([C@H](C)NC(=O)c2c(N)nn3cccnc23)=C\1. The number of nitrogens with zero attached hydrogens (tertiary/aromatic N) is 5. The summed E-state index contributed by atoms with van der Waals surface area (Å²) in [5, 5.41) is 7.15. The number of rotatable bonds is 5. The molecule has 3 heterocycles. The molecule has 9 heteroatoms. The Bertz CT molecular complexity index is 1400. The Morgan fingerprint density at radius 1 is 1.22 bits per heavy atom. The molecule has 0 radical (unpaired) electrons. The maximum atomic E-state index is 13.7. The molecule has 3 N–H and O–H groups in total. The second-order valence-corrected chi connectivity index (χ2v) is 8.64. The van der Waals surface area contributed by atoms with Gasteiger partial charge in [0.15, 0.2) is 11.5 Å². The molecule has 0 spiro atoms. The number of benzene rings is 1. The van der Waals surface area contributed by atoms with Gasteiger partial charge in [0, 0.05) is 43.6 Å². The molecule has 1 aromatic carbocycles. The lowest BCUT2D eigenvalue weighted by Crippen LogP contribution is -2.43. The average Bonchev–Trinajstić information content (AvgIpc) is 3.19. The number of hydrogen-bond acceptors (Lipinski definition) is 6. The second-order valence-electron chi connectivity index (χ2n) is 8.64. The zero-order valence-electron chi connectivity index (χ0n) is 20.5. The van der Waals surface area contributed by atoms with Crippen LogP contribution in [-0.2, 0) is 4.79 Å². The Morgan fingerprint density at radius 2 is 1.97 bits per heavy atom. The number of para-hydroxylation sites is 1. The van der Waals surface area contributed by atoms with Gasteiger partial charge in [-0.05, 0) is 42.8 Å². The molecule has 0 aliphatic carbocycles. The van der Waals surface area contributed by atoms with E-state index >= 15 is 0 Å². The summed E-state index contributed by atoms with van der Waals surface area (Å²) in [6, 6.07) is 10.4. The van der Waals surface area contributed by atoms with Crippen LogP contribution in [0.3, 0.4) is 0 Å². The van der Waals surface area contributed by atoms with Crippen LogP contribution in [0.15, 0.2) is 96.6 Å². The van der Waals surface area contributed by atoms with Crippen LogP contribution in [0.25, 0.3) is 5.65 Å². The predicted octanol–water partition coefficient (Wildman–Crippen LogP) is 3.31. The lowest BCUT2D eigenvalue weighted by atomic mass is 10.1. The standard InChI is InChI=1S/C27H29N7O2/c1-18-10-8-13-21(32(3)4)17-23(35)34(20-11-6-5-7-12-20)22(16-18)19(2)30-27(36)24-25(28)31-33-15-9-14-29-26(24)33/h5-16,19H,1,17H2,2-4H3,(H2,28,31)(H,30,36)/b10-8-,21-13+,22-16-/t19-/m0/s1. The van der Waals surface area contributed by atoms with E-state index in [9.17, 15) is 9.59 Å². The molecule has 0 unspecified atom stereocenters. The van der Waals surface area contributed by atoms with Crippen molar-refractivity contribution in [3.05, 3.63) is 102 Å². The predicted molar refractivity (Wildman–Crippen MR) is 141 cm³/mol. The number of amides is 2. The van der Waals surface area contributed by atoms with Gasteiger partial charge in [0.05, 0.1) is 12.5 Å². The number of hydrogen-bond donors (Lipinski definition) is 2. The molecule has 3 aromatic rings. The summed E-state index contributed by atoms with van der Waals surface area (Å²) in [4.78, 5) is 34.9. The first-order chi connectivity index (χ1) is 17.3. The lowest BCUT2D eigenvalue weighted by Gasteiger charge is -2.31. The molecule has 2 amide bonds. The third-order valence-electron chi connectivity index (χ3n) is 5.80. The van der Waals surface area contributed by atoms with Crippen molar-refractivity contribution >= 4 is 29.0 Å². The summed E-state index contributed by atoms with van der Waals surface area (Å²) in [6.07, 6.45) is 10.8. The third kappa shape index (κ3) is 5.05. The highest BCUT2D eigenvalue weighted by Crippen LogP contribution is 2.26. The summed E-state index contributed by atoms with van der Waals surface area (Å²) >= 11 is 0. The maximum absolute atomic E-state index is 13.7. The summed E-state index contributed by atoms with van der Waals surface area (Å²) in [5.41, 5.74) is 9.35. The van der Waals surface area contributed by atoms with E-state index in [-0.39, 0.29) is 23.7 Å². The highest BCUT2D eigenvalue weighted by Gasteiger charge is 2.28. The average molecular weight is 484 g/mol. The van der Waals surface area contributed by atoms with E-state index in [0.717, 1.165) is 5.70 Å². The fourth-order valence-electron chi connectivity index (χ4n) is 3.98. The molecule has 0 bridgehead atoms. The topological polar surface area (TPSA) is 109 Å². The van der Waals surface area contributed by atoms with Gasteiger partial charge in [0.2, 0.25) is 5.91 Å². The third-order valence-corrected chi connectivity index (χ3v) is 5.80. The lowest BCUT2D eigenvalue weighted by molar-refractivity contribution is -0.117. The smallest absolute Gasteiger partial charge is 0.259 e. The van der Waals surface area contributed by atoms with Crippen molar-refractivity contribution < 1.29 is 9.59 Å². The van der Waals surface area contributed by atoms with Crippen LogP contribution in [0.2, 0.25) is 0 Å². The minimum Gasteiger partial charge on any atom is -0.381 e. The van der Waals surface area contributed by atoms with E-state index in [2.05, 4.69) is 22.0 Å². The largest absolute Gasteiger partial charge is 0.381 e. The number of aromatic nitrogens is 3. The molecule has 1 aliphatic rings. The minimum atomic E-state index is -0.587. The molecule has 4 rings (SSSR count). The van der Waals surface area contributed by atoms with Crippen LogP contribution in [0.4, 0.5) is 11.5 Å². The normalized spacial score (nSPS) is 19.1. The van der Waals surface area contributed by atoms with Crippen LogP contribution in [0.5, 0.6) is 0 Å². The Morgan fingerprint density at radius 3 is 2.69 bits per heavy atom. The van der Waals surface area contributed by atoms with Crippen molar-refractivity contribution in [2.45, 2.75) is 19.4 Å². The number of allylic oxidation sites excluding steroid dienone is 5. The van der Waals surface area contributed by atoms with E-state index in [1.807, 2.05) is 74.5 Å². The fourth-order valence-corrected chi connectivity index (χ4v) is 3.98. The van der Waals surface area contributed by atoms with Gasteiger partial charge in [-0.25, -0.2) is 9.50 Å². The number of nitrogen functional groups attached to an aromatic ring is 1. The Labute approximate surface area is 209 Å². The molecule has 184 valence electrons. The van der Waals surface area contributed by atoms with Gasteiger partial charge in [0.1, 0.15) is 5.56 Å². The van der Waals surface area contributed by atoms with Gasteiger partial charge in [0.25, 0.3) is 5.91 Å². The second kappa shape index (κ2) is 10.3. The van der Waals surface area contributed by atoms with Crippen LogP contribution in [0.1, 0.15) is 23.7 Å². The van der Waals surface area contributed by atoms with Crippen LogP contribution in [-0.4, -0.2) is 51.4 Å². The van der Waals surface area contributed by atoms with Crippen molar-refractivity contribution in [3.8, 4) is 0 Å². The van der Waals surface area contributed by atoms with E-state index in [0.29, 0.717) is 22.6 Å².